The van der Waals surface area contributed by atoms with Crippen LogP contribution in [0.4, 0.5) is 0 Å². The average Bonchev–Trinajstić information content (AvgIpc) is 2.29. The lowest BCUT2D eigenvalue weighted by Crippen LogP contribution is -2.58. The van der Waals surface area contributed by atoms with Crippen LogP contribution in [0.3, 0.4) is 0 Å². The maximum absolute atomic E-state index is 9.38. The number of rotatable bonds is 5. The second-order valence-electron chi connectivity index (χ2n) is 5.18. The normalized spacial score (nSPS) is 27.9. The Labute approximate surface area is 99.6 Å². The molecule has 0 spiro atoms. The molecule has 1 heterocycles. The van der Waals surface area contributed by atoms with E-state index < -0.39 is 0 Å². The number of hydrogen-bond donors (Lipinski definition) is 2. The third-order valence-corrected chi connectivity index (χ3v) is 3.78. The van der Waals surface area contributed by atoms with Crippen LogP contribution in [0.1, 0.15) is 20.8 Å². The first-order chi connectivity index (χ1) is 7.54. The van der Waals surface area contributed by atoms with Gasteiger partial charge in [0, 0.05) is 32.2 Å². The highest BCUT2D eigenvalue weighted by molar-refractivity contribution is 4.88. The van der Waals surface area contributed by atoms with Gasteiger partial charge in [-0.3, -0.25) is 9.80 Å². The van der Waals surface area contributed by atoms with E-state index in [1.165, 1.54) is 0 Å². The van der Waals surface area contributed by atoms with Crippen LogP contribution in [-0.4, -0.2) is 72.9 Å². The van der Waals surface area contributed by atoms with Crippen LogP contribution in [0.5, 0.6) is 0 Å². The molecule has 0 aromatic heterocycles. The van der Waals surface area contributed by atoms with E-state index in [9.17, 15) is 5.11 Å². The minimum Gasteiger partial charge on any atom is -0.394 e. The van der Waals surface area contributed by atoms with Crippen LogP contribution in [-0.2, 0) is 0 Å². The van der Waals surface area contributed by atoms with E-state index in [-0.39, 0.29) is 12.1 Å². The first-order valence-electron chi connectivity index (χ1n) is 6.31. The Morgan fingerprint density at radius 3 is 2.56 bits per heavy atom. The van der Waals surface area contributed by atoms with E-state index in [2.05, 4.69) is 35.9 Å². The van der Waals surface area contributed by atoms with Gasteiger partial charge in [0.15, 0.2) is 0 Å². The van der Waals surface area contributed by atoms with Crippen molar-refractivity contribution < 1.29 is 5.11 Å². The van der Waals surface area contributed by atoms with Crippen molar-refractivity contribution >= 4 is 0 Å². The summed E-state index contributed by atoms with van der Waals surface area (Å²) in [5.74, 6) is 0. The molecule has 0 aromatic carbocycles. The zero-order chi connectivity index (χ0) is 12.2. The van der Waals surface area contributed by atoms with Crippen molar-refractivity contribution in [3.05, 3.63) is 0 Å². The topological polar surface area (TPSA) is 38.7 Å². The molecule has 1 aliphatic heterocycles. The van der Waals surface area contributed by atoms with Crippen molar-refractivity contribution in [2.24, 2.45) is 0 Å². The molecule has 1 aliphatic rings. The van der Waals surface area contributed by atoms with Crippen LogP contribution < -0.4 is 5.32 Å². The minimum atomic E-state index is -0.173. The van der Waals surface area contributed by atoms with E-state index in [1.807, 2.05) is 7.05 Å². The molecule has 0 saturated carbocycles. The largest absolute Gasteiger partial charge is 0.394 e. The molecule has 0 bridgehead atoms. The number of aliphatic hydroxyl groups excluding tert-OH is 1. The molecule has 4 nitrogen and oxygen atoms in total. The van der Waals surface area contributed by atoms with Gasteiger partial charge in [-0.05, 0) is 27.4 Å². The summed E-state index contributed by atoms with van der Waals surface area (Å²) in [6.45, 7) is 12.2. The zero-order valence-electron chi connectivity index (χ0n) is 11.2. The van der Waals surface area contributed by atoms with Gasteiger partial charge in [0.1, 0.15) is 0 Å². The third-order valence-electron chi connectivity index (χ3n) is 3.78. The fourth-order valence-corrected chi connectivity index (χ4v) is 2.39. The molecule has 1 saturated heterocycles. The van der Waals surface area contributed by atoms with Gasteiger partial charge in [-0.15, -0.1) is 0 Å². The molecule has 96 valence electrons. The van der Waals surface area contributed by atoms with Crippen molar-refractivity contribution in [2.75, 3.05) is 46.4 Å². The van der Waals surface area contributed by atoms with Crippen LogP contribution in [0, 0.1) is 0 Å². The van der Waals surface area contributed by atoms with Gasteiger partial charge in [0.25, 0.3) is 0 Å². The van der Waals surface area contributed by atoms with E-state index in [0.29, 0.717) is 6.04 Å². The van der Waals surface area contributed by atoms with Crippen molar-refractivity contribution in [3.8, 4) is 0 Å². The number of aliphatic hydroxyl groups is 1. The van der Waals surface area contributed by atoms with Crippen molar-refractivity contribution in [3.63, 3.8) is 0 Å². The second kappa shape index (κ2) is 5.96. The molecule has 0 aromatic rings. The third kappa shape index (κ3) is 3.42. The summed E-state index contributed by atoms with van der Waals surface area (Å²) in [6, 6.07) is 0.624. The van der Waals surface area contributed by atoms with Crippen LogP contribution in [0.15, 0.2) is 0 Å². The molecule has 2 atom stereocenters. The van der Waals surface area contributed by atoms with Crippen LogP contribution >= 0.6 is 0 Å². The Morgan fingerprint density at radius 1 is 1.44 bits per heavy atom. The average molecular weight is 229 g/mol. The highest BCUT2D eigenvalue weighted by Gasteiger charge is 2.28. The lowest BCUT2D eigenvalue weighted by Gasteiger charge is -2.42. The van der Waals surface area contributed by atoms with Gasteiger partial charge in [-0.2, -0.15) is 0 Å². The van der Waals surface area contributed by atoms with E-state index >= 15 is 0 Å². The van der Waals surface area contributed by atoms with Gasteiger partial charge in [0.2, 0.25) is 0 Å². The van der Waals surface area contributed by atoms with Crippen LogP contribution in [0.25, 0.3) is 0 Å². The molecule has 2 N–H and O–H groups in total. The molecular weight excluding hydrogens is 202 g/mol. The number of nitrogens with zero attached hydrogens (tertiary/aromatic N) is 2. The fourth-order valence-electron chi connectivity index (χ4n) is 2.39. The van der Waals surface area contributed by atoms with Gasteiger partial charge in [-0.1, -0.05) is 6.92 Å². The second-order valence-corrected chi connectivity index (χ2v) is 5.18. The highest BCUT2D eigenvalue weighted by atomic mass is 16.3. The quantitative estimate of drug-likeness (QED) is 0.695. The first-order valence-corrected chi connectivity index (χ1v) is 6.31. The Balaban J connectivity index is 2.46. The van der Waals surface area contributed by atoms with Gasteiger partial charge >= 0.3 is 0 Å². The van der Waals surface area contributed by atoms with Crippen molar-refractivity contribution in [2.45, 2.75) is 32.4 Å². The lowest BCUT2D eigenvalue weighted by atomic mass is 10.0. The summed E-state index contributed by atoms with van der Waals surface area (Å²) in [4.78, 5) is 4.95. The Kier molecular flexibility index (Phi) is 5.18. The Hall–Kier alpha value is -0.160. The minimum absolute atomic E-state index is 0.173. The summed E-state index contributed by atoms with van der Waals surface area (Å²) in [7, 11) is 1.92. The summed E-state index contributed by atoms with van der Waals surface area (Å²) in [6.07, 6.45) is 0. The van der Waals surface area contributed by atoms with E-state index in [1.54, 1.807) is 0 Å². The molecular formula is C12H27N3O. The molecule has 0 amide bonds. The highest BCUT2D eigenvalue weighted by Crippen LogP contribution is 2.12. The number of likely N-dealkylation sites (N-methyl/N-ethyl adjacent to an activating group) is 2. The van der Waals surface area contributed by atoms with Crippen LogP contribution in [0.2, 0.25) is 0 Å². The lowest BCUT2D eigenvalue weighted by molar-refractivity contribution is 0.0548. The molecule has 1 rings (SSSR count). The van der Waals surface area contributed by atoms with Gasteiger partial charge in [-0.25, -0.2) is 0 Å². The molecule has 16 heavy (non-hydrogen) atoms. The first kappa shape index (κ1) is 13.9. The maximum Gasteiger partial charge on any atom is 0.0623 e. The predicted octanol–water partition coefficient (Wildman–Crippen LogP) is -0.0172. The van der Waals surface area contributed by atoms with E-state index in [0.717, 1.165) is 32.7 Å². The standard InChI is InChI=1S/C12H27N3O/c1-5-15-7-6-14(8-11(15)2)9-12(3,10-16)13-4/h11,13,16H,5-10H2,1-4H3. The zero-order valence-corrected chi connectivity index (χ0v) is 11.2. The smallest absolute Gasteiger partial charge is 0.0623 e. The molecule has 0 radical (unpaired) electrons. The summed E-state index contributed by atoms with van der Waals surface area (Å²) < 4.78 is 0. The van der Waals surface area contributed by atoms with Crippen molar-refractivity contribution in [1.82, 2.24) is 15.1 Å². The number of piperazine rings is 1. The Morgan fingerprint density at radius 2 is 2.12 bits per heavy atom. The molecule has 4 heteroatoms. The summed E-state index contributed by atoms with van der Waals surface area (Å²) in [5.41, 5.74) is -0.173. The predicted molar refractivity (Wildman–Crippen MR) is 67.7 cm³/mol. The monoisotopic (exact) mass is 229 g/mol. The van der Waals surface area contributed by atoms with Gasteiger partial charge < -0.3 is 10.4 Å². The number of nitrogens with one attached hydrogen (secondary N) is 1. The van der Waals surface area contributed by atoms with E-state index in [4.69, 9.17) is 0 Å². The SMILES string of the molecule is CCN1CCN(CC(C)(CO)NC)CC1C. The Bertz CT molecular complexity index is 206. The summed E-state index contributed by atoms with van der Waals surface area (Å²) >= 11 is 0. The molecule has 0 aliphatic carbocycles. The summed E-state index contributed by atoms with van der Waals surface area (Å²) in [5, 5.41) is 12.6. The molecule has 1 fully saturated rings. The number of hydrogen-bond acceptors (Lipinski definition) is 4. The fraction of sp³-hybridized carbons (Fsp3) is 1.00. The maximum atomic E-state index is 9.38. The van der Waals surface area contributed by atoms with Crippen molar-refractivity contribution in [1.29, 1.82) is 0 Å². The molecule has 2 unspecified atom stereocenters. The van der Waals surface area contributed by atoms with Gasteiger partial charge in [0.05, 0.1) is 12.1 Å².